The first-order valence-corrected chi connectivity index (χ1v) is 10.0. The SMILES string of the molecule is C[C@@]1(CS(=O)(=O)N2CC=C(C#Cc3ccc(C#N)nc3)CC2)NC(=O)NC1=O. The molecule has 0 saturated carbocycles. The fraction of sp³-hybridized carbons (Fsp3) is 0.333. The summed E-state index contributed by atoms with van der Waals surface area (Å²) in [5, 5.41) is 13.1. The Morgan fingerprint density at radius 3 is 2.64 bits per heavy atom. The molecule has 1 aromatic heterocycles. The predicted molar refractivity (Wildman–Crippen MR) is 99.0 cm³/mol. The summed E-state index contributed by atoms with van der Waals surface area (Å²) in [7, 11) is -3.76. The van der Waals surface area contributed by atoms with Crippen LogP contribution in [-0.4, -0.2) is 54.0 Å². The molecule has 1 aromatic rings. The maximum Gasteiger partial charge on any atom is 0.322 e. The van der Waals surface area contributed by atoms with Crippen LogP contribution in [0.4, 0.5) is 4.79 Å². The van der Waals surface area contributed by atoms with Gasteiger partial charge in [0.2, 0.25) is 10.0 Å². The van der Waals surface area contributed by atoms with Crippen molar-refractivity contribution in [3.05, 3.63) is 41.2 Å². The number of aromatic nitrogens is 1. The van der Waals surface area contributed by atoms with Crippen LogP contribution >= 0.6 is 0 Å². The molecule has 0 aliphatic carbocycles. The van der Waals surface area contributed by atoms with E-state index in [2.05, 4.69) is 27.5 Å². The highest BCUT2D eigenvalue weighted by Crippen LogP contribution is 2.19. The molecule has 28 heavy (non-hydrogen) atoms. The second-order valence-corrected chi connectivity index (χ2v) is 8.60. The van der Waals surface area contributed by atoms with Crippen molar-refractivity contribution < 1.29 is 18.0 Å². The maximum absolute atomic E-state index is 12.6. The molecule has 1 saturated heterocycles. The third kappa shape index (κ3) is 4.19. The lowest BCUT2D eigenvalue weighted by Gasteiger charge is -2.28. The van der Waals surface area contributed by atoms with E-state index in [9.17, 15) is 18.0 Å². The zero-order valence-electron chi connectivity index (χ0n) is 15.0. The minimum Gasteiger partial charge on any atom is -0.322 e. The standard InChI is InChI=1S/C18H17N5O4S/c1-18(16(24)21-17(25)22-18)12-28(26,27)23-8-6-13(7-9-23)2-3-14-4-5-15(10-19)20-11-14/h4-6,11H,7-9,12H2,1H3,(H2,21,22,24,25)/t18-/m0/s1. The molecule has 2 N–H and O–H groups in total. The number of nitrogens with zero attached hydrogens (tertiary/aromatic N) is 3. The summed E-state index contributed by atoms with van der Waals surface area (Å²) in [5.41, 5.74) is 0.284. The molecule has 0 radical (unpaired) electrons. The van der Waals surface area contributed by atoms with Crippen LogP contribution in [0.3, 0.4) is 0 Å². The number of carbonyl (C=O) groups is 2. The van der Waals surface area contributed by atoms with Gasteiger partial charge in [-0.25, -0.2) is 18.2 Å². The molecule has 1 fully saturated rings. The first-order chi connectivity index (χ1) is 13.2. The molecule has 3 heterocycles. The quantitative estimate of drug-likeness (QED) is 0.537. The van der Waals surface area contributed by atoms with Crippen LogP contribution in [0.2, 0.25) is 0 Å². The monoisotopic (exact) mass is 399 g/mol. The van der Waals surface area contributed by atoms with E-state index >= 15 is 0 Å². The van der Waals surface area contributed by atoms with Gasteiger partial charge in [0.25, 0.3) is 5.91 Å². The Morgan fingerprint density at radius 2 is 2.11 bits per heavy atom. The van der Waals surface area contributed by atoms with Gasteiger partial charge in [-0.1, -0.05) is 17.9 Å². The van der Waals surface area contributed by atoms with Gasteiger partial charge in [-0.3, -0.25) is 10.1 Å². The lowest BCUT2D eigenvalue weighted by Crippen LogP contribution is -2.52. The first-order valence-electron chi connectivity index (χ1n) is 8.40. The van der Waals surface area contributed by atoms with Crippen molar-refractivity contribution in [1.29, 1.82) is 5.26 Å². The van der Waals surface area contributed by atoms with Gasteiger partial charge in [-0.15, -0.1) is 0 Å². The van der Waals surface area contributed by atoms with E-state index in [1.807, 2.05) is 6.07 Å². The molecule has 0 spiro atoms. The summed E-state index contributed by atoms with van der Waals surface area (Å²) >= 11 is 0. The molecule has 2 aliphatic rings. The van der Waals surface area contributed by atoms with Crippen LogP contribution < -0.4 is 10.6 Å². The molecular formula is C18H17N5O4S. The molecule has 3 rings (SSSR count). The number of hydrogen-bond acceptors (Lipinski definition) is 6. The maximum atomic E-state index is 12.6. The van der Waals surface area contributed by atoms with Crippen molar-refractivity contribution in [2.24, 2.45) is 0 Å². The molecular weight excluding hydrogens is 382 g/mol. The Balaban J connectivity index is 1.66. The van der Waals surface area contributed by atoms with Crippen molar-refractivity contribution in [2.45, 2.75) is 18.9 Å². The molecule has 0 aromatic carbocycles. The number of urea groups is 1. The van der Waals surface area contributed by atoms with Gasteiger partial charge in [0.1, 0.15) is 17.3 Å². The van der Waals surface area contributed by atoms with E-state index < -0.39 is 33.3 Å². The average Bonchev–Trinajstić information content (AvgIpc) is 2.91. The largest absolute Gasteiger partial charge is 0.322 e. The Bertz CT molecular complexity index is 1060. The molecule has 0 unspecified atom stereocenters. The summed E-state index contributed by atoms with van der Waals surface area (Å²) in [6, 6.07) is 4.50. The van der Waals surface area contributed by atoms with Crippen molar-refractivity contribution >= 4 is 22.0 Å². The topological polar surface area (TPSA) is 132 Å². The molecule has 1 atom stereocenters. The molecule has 0 bridgehead atoms. The van der Waals surface area contributed by atoms with Gasteiger partial charge in [0, 0.05) is 30.4 Å². The van der Waals surface area contributed by atoms with Gasteiger partial charge < -0.3 is 5.32 Å². The average molecular weight is 399 g/mol. The summed E-state index contributed by atoms with van der Waals surface area (Å²) in [4.78, 5) is 27.1. The minimum atomic E-state index is -3.76. The lowest BCUT2D eigenvalue weighted by atomic mass is 10.1. The van der Waals surface area contributed by atoms with Crippen molar-refractivity contribution in [3.8, 4) is 17.9 Å². The second-order valence-electron chi connectivity index (χ2n) is 6.63. The number of sulfonamides is 1. The van der Waals surface area contributed by atoms with Crippen molar-refractivity contribution in [3.63, 3.8) is 0 Å². The van der Waals surface area contributed by atoms with Crippen LogP contribution in [0, 0.1) is 23.2 Å². The van der Waals surface area contributed by atoms with Crippen LogP contribution in [0.5, 0.6) is 0 Å². The predicted octanol–water partition coefficient (Wildman–Crippen LogP) is -0.135. The Morgan fingerprint density at radius 1 is 1.32 bits per heavy atom. The number of carbonyl (C=O) groups excluding carboxylic acids is 2. The number of pyridine rings is 1. The van der Waals surface area contributed by atoms with E-state index in [0.29, 0.717) is 17.7 Å². The Labute approximate surface area is 162 Å². The summed E-state index contributed by atoms with van der Waals surface area (Å²) in [5.74, 6) is 4.76. The normalized spacial score (nSPS) is 22.4. The minimum absolute atomic E-state index is 0.142. The van der Waals surface area contributed by atoms with E-state index in [4.69, 9.17) is 5.26 Å². The van der Waals surface area contributed by atoms with Gasteiger partial charge in [0.15, 0.2) is 0 Å². The molecule has 9 nitrogen and oxygen atoms in total. The fourth-order valence-corrected chi connectivity index (χ4v) is 4.63. The first kappa shape index (κ1) is 19.5. The zero-order valence-corrected chi connectivity index (χ0v) is 15.8. The third-order valence-electron chi connectivity index (χ3n) is 4.40. The fourth-order valence-electron chi connectivity index (χ4n) is 2.84. The molecule has 144 valence electrons. The Kier molecular flexibility index (Phi) is 5.18. The molecule has 2 aliphatic heterocycles. The van der Waals surface area contributed by atoms with Crippen LogP contribution in [0.1, 0.15) is 24.6 Å². The smallest absolute Gasteiger partial charge is 0.322 e. The summed E-state index contributed by atoms with van der Waals surface area (Å²) in [6.45, 7) is 1.76. The van der Waals surface area contributed by atoms with E-state index in [-0.39, 0.29) is 13.1 Å². The lowest BCUT2D eigenvalue weighted by molar-refractivity contribution is -0.122. The van der Waals surface area contributed by atoms with Gasteiger partial charge in [0.05, 0.1) is 5.75 Å². The van der Waals surface area contributed by atoms with Crippen molar-refractivity contribution in [1.82, 2.24) is 19.9 Å². The Hall–Kier alpha value is -3.21. The second kappa shape index (κ2) is 7.43. The summed E-state index contributed by atoms with van der Waals surface area (Å²) < 4.78 is 26.5. The highest BCUT2D eigenvalue weighted by atomic mass is 32.2. The van der Waals surface area contributed by atoms with Crippen LogP contribution in [-0.2, 0) is 14.8 Å². The highest BCUT2D eigenvalue weighted by Gasteiger charge is 2.46. The number of hydrogen-bond donors (Lipinski definition) is 2. The summed E-state index contributed by atoms with van der Waals surface area (Å²) in [6.07, 6.45) is 3.67. The van der Waals surface area contributed by atoms with E-state index in [1.54, 1.807) is 18.2 Å². The van der Waals surface area contributed by atoms with E-state index in [1.165, 1.54) is 17.4 Å². The van der Waals surface area contributed by atoms with E-state index in [0.717, 1.165) is 5.57 Å². The number of nitriles is 1. The highest BCUT2D eigenvalue weighted by molar-refractivity contribution is 7.89. The van der Waals surface area contributed by atoms with Crippen molar-refractivity contribution in [2.75, 3.05) is 18.8 Å². The number of rotatable bonds is 3. The van der Waals surface area contributed by atoms with Crippen LogP contribution in [0.25, 0.3) is 0 Å². The van der Waals surface area contributed by atoms with Crippen LogP contribution in [0.15, 0.2) is 30.0 Å². The zero-order chi connectivity index (χ0) is 20.4. The number of nitrogens with one attached hydrogen (secondary N) is 2. The molecule has 3 amide bonds. The van der Waals surface area contributed by atoms with Gasteiger partial charge in [-0.05, 0) is 25.5 Å². The third-order valence-corrected chi connectivity index (χ3v) is 6.46. The number of amides is 3. The number of imide groups is 1. The van der Waals surface area contributed by atoms with Gasteiger partial charge >= 0.3 is 6.03 Å². The van der Waals surface area contributed by atoms with Gasteiger partial charge in [-0.2, -0.15) is 9.57 Å². The molecule has 10 heteroatoms.